The van der Waals surface area contributed by atoms with E-state index in [4.69, 9.17) is 0 Å². The number of fused-ring (bicyclic) bond motifs is 2. The van der Waals surface area contributed by atoms with Crippen LogP contribution in [0.2, 0.25) is 0 Å². The summed E-state index contributed by atoms with van der Waals surface area (Å²) in [4.78, 5) is 25.4. The summed E-state index contributed by atoms with van der Waals surface area (Å²) in [5.41, 5.74) is 0.730. The number of hydrogen-bond acceptors (Lipinski definition) is 6. The molecule has 1 N–H and O–H groups in total. The SMILES string of the molecule is C[C@@H](O)[C@H]1C(=O)N2C(C(=O)[O-])=C(CN3Cc4ccccc4S3(=O)=O)[C@H](C)[C@H]12.[Na+]. The molecule has 1 saturated heterocycles. The Morgan fingerprint density at radius 3 is 2.57 bits per heavy atom. The fourth-order valence-corrected chi connectivity index (χ4v) is 6.08. The number of sulfonamides is 1. The first kappa shape index (κ1) is 21.5. The number of β-lactam (4-membered cyclic amide) rings is 1. The van der Waals surface area contributed by atoms with Crippen LogP contribution in [-0.2, 0) is 26.2 Å². The van der Waals surface area contributed by atoms with Gasteiger partial charge in [-0.05, 0) is 24.1 Å². The van der Waals surface area contributed by atoms with Crippen molar-refractivity contribution in [2.45, 2.75) is 37.4 Å². The van der Waals surface area contributed by atoms with Crippen LogP contribution < -0.4 is 34.7 Å². The van der Waals surface area contributed by atoms with Crippen molar-refractivity contribution in [3.63, 3.8) is 0 Å². The molecule has 0 aliphatic carbocycles. The molecule has 0 bridgehead atoms. The molecular weight excluding hydrogens is 395 g/mol. The Morgan fingerprint density at radius 2 is 2.00 bits per heavy atom. The van der Waals surface area contributed by atoms with Crippen molar-refractivity contribution in [3.05, 3.63) is 41.1 Å². The zero-order chi connectivity index (χ0) is 19.7. The van der Waals surface area contributed by atoms with E-state index in [-0.39, 0.29) is 53.2 Å². The molecule has 0 radical (unpaired) electrons. The largest absolute Gasteiger partial charge is 1.00 e. The predicted octanol–water partition coefficient (Wildman–Crippen LogP) is -3.94. The minimum absolute atomic E-state index is 0. The molecule has 1 fully saturated rings. The van der Waals surface area contributed by atoms with Crippen LogP contribution in [0.5, 0.6) is 0 Å². The van der Waals surface area contributed by atoms with Crippen LogP contribution in [0.25, 0.3) is 0 Å². The smallest absolute Gasteiger partial charge is 0.543 e. The van der Waals surface area contributed by atoms with E-state index in [0.29, 0.717) is 11.1 Å². The minimum atomic E-state index is -3.73. The number of benzene rings is 1. The van der Waals surface area contributed by atoms with Gasteiger partial charge in [0, 0.05) is 19.0 Å². The molecule has 4 rings (SSSR count). The van der Waals surface area contributed by atoms with Crippen molar-refractivity contribution in [1.29, 1.82) is 0 Å². The quantitative estimate of drug-likeness (QED) is 0.397. The van der Waals surface area contributed by atoms with Gasteiger partial charge in [0.25, 0.3) is 0 Å². The first-order chi connectivity index (χ1) is 12.7. The normalized spacial score (nSPS) is 29.0. The second kappa shape index (κ2) is 7.23. The Balaban J connectivity index is 0.00000225. The Morgan fingerprint density at radius 1 is 1.36 bits per heavy atom. The van der Waals surface area contributed by atoms with Crippen LogP contribution in [0, 0.1) is 11.8 Å². The topological polar surface area (TPSA) is 118 Å². The van der Waals surface area contributed by atoms with Crippen LogP contribution in [0.3, 0.4) is 0 Å². The number of amides is 1. The summed E-state index contributed by atoms with van der Waals surface area (Å²) in [6, 6.07) is 6.14. The fraction of sp³-hybridized carbons (Fsp3) is 0.444. The van der Waals surface area contributed by atoms with E-state index in [2.05, 4.69) is 0 Å². The van der Waals surface area contributed by atoms with Crippen LogP contribution in [0.4, 0.5) is 0 Å². The fourth-order valence-electron chi connectivity index (χ4n) is 4.47. The van der Waals surface area contributed by atoms with Gasteiger partial charge in [-0.1, -0.05) is 25.1 Å². The second-order valence-corrected chi connectivity index (χ2v) is 9.20. The van der Waals surface area contributed by atoms with E-state index in [1.54, 1.807) is 25.1 Å². The van der Waals surface area contributed by atoms with Gasteiger partial charge >= 0.3 is 29.6 Å². The van der Waals surface area contributed by atoms with E-state index < -0.39 is 45.9 Å². The van der Waals surface area contributed by atoms with Gasteiger partial charge < -0.3 is 19.9 Å². The Labute approximate surface area is 185 Å². The van der Waals surface area contributed by atoms with Crippen LogP contribution >= 0.6 is 0 Å². The maximum absolute atomic E-state index is 12.8. The van der Waals surface area contributed by atoms with E-state index in [1.807, 2.05) is 0 Å². The molecule has 144 valence electrons. The summed E-state index contributed by atoms with van der Waals surface area (Å²) >= 11 is 0. The Bertz CT molecular complexity index is 990. The average Bonchev–Trinajstić information content (AvgIpc) is 2.98. The molecule has 0 aromatic heterocycles. The van der Waals surface area contributed by atoms with Crippen LogP contribution in [0.1, 0.15) is 19.4 Å². The summed E-state index contributed by atoms with van der Waals surface area (Å²) in [6.07, 6.45) is -0.914. The Kier molecular flexibility index (Phi) is 5.54. The number of carbonyl (C=O) groups excluding carboxylic acids is 2. The number of aliphatic carboxylic acids is 1. The van der Waals surface area contributed by atoms with Gasteiger partial charge in [0.2, 0.25) is 15.9 Å². The van der Waals surface area contributed by atoms with Gasteiger partial charge in [0.1, 0.15) is 0 Å². The Hall–Kier alpha value is -1.23. The molecule has 0 unspecified atom stereocenters. The van der Waals surface area contributed by atoms with Crippen molar-refractivity contribution in [2.24, 2.45) is 11.8 Å². The van der Waals surface area contributed by atoms with Crippen molar-refractivity contribution in [1.82, 2.24) is 9.21 Å². The van der Waals surface area contributed by atoms with Crippen molar-refractivity contribution < 1.29 is 57.8 Å². The number of hydrogen-bond donors (Lipinski definition) is 1. The molecular formula is C18H19N2NaO6S. The summed E-state index contributed by atoms with van der Waals surface area (Å²) in [7, 11) is -3.73. The molecule has 0 saturated carbocycles. The molecule has 3 aliphatic heterocycles. The van der Waals surface area contributed by atoms with Gasteiger partial charge in [0.05, 0.1) is 34.6 Å². The van der Waals surface area contributed by atoms with E-state index in [1.165, 1.54) is 17.3 Å². The van der Waals surface area contributed by atoms with E-state index >= 15 is 0 Å². The third-order valence-corrected chi connectivity index (χ3v) is 7.68. The van der Waals surface area contributed by atoms with Crippen LogP contribution in [0.15, 0.2) is 40.4 Å². The molecule has 0 spiro atoms. The number of aliphatic hydroxyl groups is 1. The van der Waals surface area contributed by atoms with Crippen LogP contribution in [-0.4, -0.2) is 53.3 Å². The minimum Gasteiger partial charge on any atom is -0.543 e. The van der Waals surface area contributed by atoms with E-state index in [9.17, 15) is 28.2 Å². The monoisotopic (exact) mass is 414 g/mol. The molecule has 1 aromatic rings. The summed E-state index contributed by atoms with van der Waals surface area (Å²) in [5, 5.41) is 21.6. The number of aliphatic hydroxyl groups excluding tert-OH is 1. The van der Waals surface area contributed by atoms with Crippen molar-refractivity contribution in [3.8, 4) is 0 Å². The molecule has 3 aliphatic rings. The number of nitrogens with zero attached hydrogens (tertiary/aromatic N) is 2. The third kappa shape index (κ3) is 2.88. The van der Waals surface area contributed by atoms with Gasteiger partial charge in [0.15, 0.2) is 0 Å². The van der Waals surface area contributed by atoms with Crippen molar-refractivity contribution >= 4 is 21.9 Å². The third-order valence-electron chi connectivity index (χ3n) is 5.79. The number of carboxylic acid groups (broad SMARTS) is 1. The summed E-state index contributed by atoms with van der Waals surface area (Å²) < 4.78 is 26.8. The molecule has 3 heterocycles. The molecule has 8 nitrogen and oxygen atoms in total. The maximum atomic E-state index is 12.8. The van der Waals surface area contributed by atoms with Crippen molar-refractivity contribution in [2.75, 3.05) is 6.54 Å². The second-order valence-electron chi connectivity index (χ2n) is 7.30. The molecule has 4 atom stereocenters. The van der Waals surface area contributed by atoms with Gasteiger partial charge in [-0.3, -0.25) is 4.79 Å². The zero-order valence-corrected chi connectivity index (χ0v) is 18.6. The molecule has 10 heteroatoms. The number of rotatable bonds is 4. The summed E-state index contributed by atoms with van der Waals surface area (Å²) in [5.74, 6) is -3.07. The zero-order valence-electron chi connectivity index (χ0n) is 15.8. The maximum Gasteiger partial charge on any atom is 1.00 e. The van der Waals surface area contributed by atoms with E-state index in [0.717, 1.165) is 4.90 Å². The van der Waals surface area contributed by atoms with Gasteiger partial charge in [-0.2, -0.15) is 4.31 Å². The standard InChI is InChI=1S/C18H20N2O6S.Na/c1-9-12(8-19-7-11-5-3-4-6-13(11)27(19,25)26)16(18(23)24)20-15(9)14(10(2)21)17(20)22;/h3-6,9-10,14-15,21H,7-8H2,1-2H3,(H,23,24);/q;+1/p-1/t9-,10+,14+,15+;/m0./s1. The molecule has 1 amide bonds. The first-order valence-corrected chi connectivity index (χ1v) is 10.1. The number of carbonyl (C=O) groups is 2. The number of carboxylic acids is 1. The summed E-state index contributed by atoms with van der Waals surface area (Å²) in [6.45, 7) is 3.26. The van der Waals surface area contributed by atoms with Gasteiger partial charge in [-0.25, -0.2) is 8.42 Å². The molecule has 1 aromatic carbocycles. The first-order valence-electron chi connectivity index (χ1n) is 8.69. The van der Waals surface area contributed by atoms with Gasteiger partial charge in [-0.15, -0.1) is 0 Å². The average molecular weight is 414 g/mol. The predicted molar refractivity (Wildman–Crippen MR) is 91.0 cm³/mol. The molecule has 28 heavy (non-hydrogen) atoms.